The fourth-order valence-corrected chi connectivity index (χ4v) is 2.48. The number of benzene rings is 1. The van der Waals surface area contributed by atoms with E-state index in [4.69, 9.17) is 23.2 Å². The third-order valence-corrected chi connectivity index (χ3v) is 3.48. The number of imidazole rings is 1. The summed E-state index contributed by atoms with van der Waals surface area (Å²) in [6, 6.07) is 5.13. The number of aryl methyl sites for hydroxylation is 1. The molecule has 1 atom stereocenters. The minimum absolute atomic E-state index is 0.0647. The van der Waals surface area contributed by atoms with Gasteiger partial charge in [-0.1, -0.05) is 11.6 Å². The molecule has 0 saturated carbocycles. The third kappa shape index (κ3) is 2.69. The highest BCUT2D eigenvalue weighted by Crippen LogP contribution is 2.24. The molecule has 0 aliphatic heterocycles. The molecule has 1 aromatic heterocycles. The molecule has 0 aliphatic carbocycles. The zero-order valence-corrected chi connectivity index (χ0v) is 12.3. The molecule has 0 radical (unpaired) electrons. The summed E-state index contributed by atoms with van der Waals surface area (Å²) < 4.78 is 1.91. The number of nitrogens with zero attached hydrogens (tertiary/aromatic N) is 2. The summed E-state index contributed by atoms with van der Waals surface area (Å²) in [5.74, 6) is 1.19. The number of hydrogen-bond acceptors (Lipinski definition) is 2. The number of carbonyl (C=O) groups excluding carboxylic acids is 1. The average Bonchev–Trinajstić information content (AvgIpc) is 2.74. The Hall–Kier alpha value is -1.26. The Kier molecular flexibility index (Phi) is 4.32. The van der Waals surface area contributed by atoms with Crippen molar-refractivity contribution >= 4 is 40.1 Å². The van der Waals surface area contributed by atoms with Gasteiger partial charge in [0.1, 0.15) is 11.9 Å². The summed E-state index contributed by atoms with van der Waals surface area (Å²) in [5.41, 5.74) is 1.67. The Labute approximate surface area is 121 Å². The highest BCUT2D eigenvalue weighted by Gasteiger charge is 2.20. The van der Waals surface area contributed by atoms with Gasteiger partial charge in [0.25, 0.3) is 0 Å². The molecule has 0 spiro atoms. The van der Waals surface area contributed by atoms with Gasteiger partial charge in [-0.2, -0.15) is 0 Å². The van der Waals surface area contributed by atoms with E-state index in [2.05, 4.69) is 10.3 Å². The molecule has 1 N–H and O–H groups in total. The van der Waals surface area contributed by atoms with Gasteiger partial charge in [0.15, 0.2) is 0 Å². The minimum Gasteiger partial charge on any atom is -0.357 e. The molecule has 2 rings (SSSR count). The normalized spacial score (nSPS) is 12.6. The van der Waals surface area contributed by atoms with E-state index in [0.29, 0.717) is 17.3 Å². The fraction of sp³-hybridized carbons (Fsp3) is 0.385. The van der Waals surface area contributed by atoms with Gasteiger partial charge in [0.05, 0.1) is 11.0 Å². The SMILES string of the molecule is CNC(=O)C(C)n1c(CCCl)nc2cc(Cl)ccc21. The molecule has 1 aromatic carbocycles. The van der Waals surface area contributed by atoms with Gasteiger partial charge >= 0.3 is 0 Å². The lowest BCUT2D eigenvalue weighted by Gasteiger charge is -2.15. The van der Waals surface area contributed by atoms with Crippen LogP contribution in [-0.4, -0.2) is 28.4 Å². The lowest BCUT2D eigenvalue weighted by Crippen LogP contribution is -2.28. The molecule has 0 saturated heterocycles. The second-order valence-corrected chi connectivity index (χ2v) is 5.07. The average molecular weight is 300 g/mol. The molecule has 1 amide bonds. The summed E-state index contributed by atoms with van der Waals surface area (Å²) in [6.45, 7) is 1.84. The van der Waals surface area contributed by atoms with Crippen molar-refractivity contribution in [2.75, 3.05) is 12.9 Å². The largest absolute Gasteiger partial charge is 0.357 e. The summed E-state index contributed by atoms with van der Waals surface area (Å²) in [6.07, 6.45) is 0.606. The van der Waals surface area contributed by atoms with Crippen LogP contribution in [0.3, 0.4) is 0 Å². The number of likely N-dealkylation sites (N-methyl/N-ethyl adjacent to an activating group) is 1. The van der Waals surface area contributed by atoms with Crippen LogP contribution in [0.5, 0.6) is 0 Å². The number of alkyl halides is 1. The maximum absolute atomic E-state index is 11.9. The van der Waals surface area contributed by atoms with Crippen LogP contribution in [0.25, 0.3) is 11.0 Å². The van der Waals surface area contributed by atoms with Crippen LogP contribution in [0, 0.1) is 0 Å². The zero-order valence-electron chi connectivity index (χ0n) is 10.8. The van der Waals surface area contributed by atoms with Crippen molar-refractivity contribution in [1.29, 1.82) is 0 Å². The van der Waals surface area contributed by atoms with Crippen molar-refractivity contribution in [3.05, 3.63) is 29.0 Å². The molecule has 1 heterocycles. The third-order valence-electron chi connectivity index (χ3n) is 3.06. The first kappa shape index (κ1) is 14.2. The summed E-state index contributed by atoms with van der Waals surface area (Å²) >= 11 is 11.8. The highest BCUT2D eigenvalue weighted by molar-refractivity contribution is 6.31. The van der Waals surface area contributed by atoms with Gasteiger partial charge in [-0.05, 0) is 25.1 Å². The molecular weight excluding hydrogens is 285 g/mol. The van der Waals surface area contributed by atoms with Crippen LogP contribution in [0.2, 0.25) is 5.02 Å². The van der Waals surface area contributed by atoms with Gasteiger partial charge in [-0.15, -0.1) is 11.6 Å². The zero-order chi connectivity index (χ0) is 14.0. The fourth-order valence-electron chi connectivity index (χ4n) is 2.14. The van der Waals surface area contributed by atoms with Gasteiger partial charge in [0, 0.05) is 24.4 Å². The van der Waals surface area contributed by atoms with Crippen molar-refractivity contribution < 1.29 is 4.79 Å². The van der Waals surface area contributed by atoms with Gasteiger partial charge in [0.2, 0.25) is 5.91 Å². The van der Waals surface area contributed by atoms with Crippen molar-refractivity contribution in [3.63, 3.8) is 0 Å². The van der Waals surface area contributed by atoms with Crippen LogP contribution in [0.4, 0.5) is 0 Å². The first-order valence-corrected chi connectivity index (χ1v) is 6.93. The minimum atomic E-state index is -0.339. The second-order valence-electron chi connectivity index (χ2n) is 4.26. The van der Waals surface area contributed by atoms with E-state index in [-0.39, 0.29) is 11.9 Å². The number of nitrogens with one attached hydrogen (secondary N) is 1. The lowest BCUT2D eigenvalue weighted by atomic mass is 10.2. The molecule has 6 heteroatoms. The van der Waals surface area contributed by atoms with Crippen molar-refractivity contribution in [2.24, 2.45) is 0 Å². The van der Waals surface area contributed by atoms with Gasteiger partial charge in [-0.25, -0.2) is 4.98 Å². The highest BCUT2D eigenvalue weighted by atomic mass is 35.5. The number of halogens is 2. The quantitative estimate of drug-likeness (QED) is 0.883. The van der Waals surface area contributed by atoms with E-state index >= 15 is 0 Å². The van der Waals surface area contributed by atoms with Crippen LogP contribution >= 0.6 is 23.2 Å². The molecule has 19 heavy (non-hydrogen) atoms. The molecule has 2 aromatic rings. The van der Waals surface area contributed by atoms with E-state index in [1.807, 2.05) is 17.6 Å². The monoisotopic (exact) mass is 299 g/mol. The Balaban J connectivity index is 2.61. The smallest absolute Gasteiger partial charge is 0.242 e. The number of aromatic nitrogens is 2. The summed E-state index contributed by atoms with van der Waals surface area (Å²) in [7, 11) is 1.62. The number of amides is 1. The molecule has 0 fully saturated rings. The summed E-state index contributed by atoms with van der Waals surface area (Å²) in [5, 5.41) is 3.28. The number of fused-ring (bicyclic) bond motifs is 1. The van der Waals surface area contributed by atoms with E-state index in [1.54, 1.807) is 19.2 Å². The number of carbonyl (C=O) groups is 1. The van der Waals surface area contributed by atoms with Crippen molar-refractivity contribution in [1.82, 2.24) is 14.9 Å². The van der Waals surface area contributed by atoms with Crippen LogP contribution < -0.4 is 5.32 Å². The number of rotatable bonds is 4. The maximum atomic E-state index is 11.9. The van der Waals surface area contributed by atoms with Crippen LogP contribution in [0.1, 0.15) is 18.8 Å². The molecule has 0 aliphatic rings. The standard InChI is InChI=1S/C13H15Cl2N3O/c1-8(13(19)16-2)18-11-4-3-9(15)7-10(11)17-12(18)5-6-14/h3-4,7-8H,5-6H2,1-2H3,(H,16,19). The molecule has 102 valence electrons. The lowest BCUT2D eigenvalue weighted by molar-refractivity contribution is -0.123. The molecule has 4 nitrogen and oxygen atoms in total. The van der Waals surface area contributed by atoms with E-state index in [9.17, 15) is 4.79 Å². The second kappa shape index (κ2) is 5.80. The Morgan fingerprint density at radius 3 is 2.89 bits per heavy atom. The topological polar surface area (TPSA) is 46.9 Å². The predicted octanol–water partition coefficient (Wildman–Crippen LogP) is 2.78. The summed E-state index contributed by atoms with van der Waals surface area (Å²) in [4.78, 5) is 16.4. The Morgan fingerprint density at radius 2 is 2.26 bits per heavy atom. The van der Waals surface area contributed by atoms with Gasteiger partial charge < -0.3 is 9.88 Å². The van der Waals surface area contributed by atoms with Crippen molar-refractivity contribution in [2.45, 2.75) is 19.4 Å². The Morgan fingerprint density at radius 1 is 1.53 bits per heavy atom. The van der Waals surface area contributed by atoms with E-state index < -0.39 is 0 Å². The number of hydrogen-bond donors (Lipinski definition) is 1. The molecule has 0 bridgehead atoms. The molecule has 1 unspecified atom stereocenters. The van der Waals surface area contributed by atoms with Gasteiger partial charge in [-0.3, -0.25) is 4.79 Å². The predicted molar refractivity (Wildman–Crippen MR) is 77.9 cm³/mol. The van der Waals surface area contributed by atoms with E-state index in [0.717, 1.165) is 16.9 Å². The Bertz CT molecular complexity index is 609. The van der Waals surface area contributed by atoms with Crippen molar-refractivity contribution in [3.8, 4) is 0 Å². The van der Waals surface area contributed by atoms with E-state index in [1.165, 1.54) is 0 Å². The van der Waals surface area contributed by atoms with Crippen LogP contribution in [0.15, 0.2) is 18.2 Å². The maximum Gasteiger partial charge on any atom is 0.242 e. The van der Waals surface area contributed by atoms with Crippen LogP contribution in [-0.2, 0) is 11.2 Å². The molecular formula is C13H15Cl2N3O. The first-order valence-electron chi connectivity index (χ1n) is 6.02. The first-order chi connectivity index (χ1) is 9.08.